The maximum Gasteiger partial charge on any atom is 0.251 e. The van der Waals surface area contributed by atoms with E-state index in [0.717, 1.165) is 37.4 Å². The molecule has 0 aliphatic carbocycles. The van der Waals surface area contributed by atoms with Crippen molar-refractivity contribution >= 4 is 11.6 Å². The van der Waals surface area contributed by atoms with E-state index >= 15 is 0 Å². The number of likely N-dealkylation sites (tertiary alicyclic amines) is 1. The van der Waals surface area contributed by atoms with Gasteiger partial charge in [0.1, 0.15) is 0 Å². The van der Waals surface area contributed by atoms with Crippen LogP contribution in [0.25, 0.3) is 0 Å². The number of likely N-dealkylation sites (N-methyl/N-ethyl adjacent to an activating group) is 1. The van der Waals surface area contributed by atoms with E-state index in [9.17, 15) is 4.79 Å². The third-order valence-electron chi connectivity index (χ3n) is 4.70. The van der Waals surface area contributed by atoms with Gasteiger partial charge >= 0.3 is 0 Å². The predicted molar refractivity (Wildman–Crippen MR) is 92.6 cm³/mol. The monoisotopic (exact) mass is 303 g/mol. The maximum atomic E-state index is 12.3. The zero-order chi connectivity index (χ0) is 15.9. The Morgan fingerprint density at radius 3 is 2.64 bits per heavy atom. The van der Waals surface area contributed by atoms with Gasteiger partial charge in [0.15, 0.2) is 0 Å². The number of carbonyl (C=O) groups excluding carboxylic acids is 1. The highest BCUT2D eigenvalue weighted by atomic mass is 16.1. The Hall–Kier alpha value is -1.55. The number of piperidine rings is 1. The molecule has 0 saturated carbocycles. The summed E-state index contributed by atoms with van der Waals surface area (Å²) in [7, 11) is 2.05. The lowest BCUT2D eigenvalue weighted by Gasteiger charge is -2.34. The number of hydrogen-bond donors (Lipinski definition) is 1. The largest absolute Gasteiger partial charge is 0.375 e. The van der Waals surface area contributed by atoms with Crippen molar-refractivity contribution < 1.29 is 4.79 Å². The number of nitrogens with one attached hydrogen (secondary N) is 1. The van der Waals surface area contributed by atoms with Gasteiger partial charge in [-0.15, -0.1) is 0 Å². The third-order valence-corrected chi connectivity index (χ3v) is 4.70. The summed E-state index contributed by atoms with van der Waals surface area (Å²) >= 11 is 0. The minimum absolute atomic E-state index is 0.0346. The summed E-state index contributed by atoms with van der Waals surface area (Å²) < 4.78 is 0. The van der Waals surface area contributed by atoms with Crippen LogP contribution in [0.2, 0.25) is 0 Å². The summed E-state index contributed by atoms with van der Waals surface area (Å²) in [6.45, 7) is 8.25. The Kier molecular flexibility index (Phi) is 6.25. The van der Waals surface area contributed by atoms with Crippen LogP contribution in [0.5, 0.6) is 0 Å². The molecule has 0 aromatic heterocycles. The number of amides is 1. The Balaban J connectivity index is 1.89. The van der Waals surface area contributed by atoms with Crippen LogP contribution < -0.4 is 10.2 Å². The van der Waals surface area contributed by atoms with Gasteiger partial charge in [0.05, 0.1) is 0 Å². The lowest BCUT2D eigenvalue weighted by atomic mass is 10.0. The van der Waals surface area contributed by atoms with E-state index in [4.69, 9.17) is 0 Å². The molecule has 1 saturated heterocycles. The van der Waals surface area contributed by atoms with Gasteiger partial charge in [-0.25, -0.2) is 0 Å². The fraction of sp³-hybridized carbons (Fsp3) is 0.611. The van der Waals surface area contributed by atoms with Gasteiger partial charge in [0.25, 0.3) is 5.91 Å². The molecule has 1 N–H and O–H groups in total. The minimum atomic E-state index is 0.0346. The molecular weight excluding hydrogens is 274 g/mol. The molecule has 0 bridgehead atoms. The molecule has 4 heteroatoms. The van der Waals surface area contributed by atoms with Crippen LogP contribution in [0.15, 0.2) is 24.3 Å². The highest BCUT2D eigenvalue weighted by Gasteiger charge is 2.21. The molecule has 1 fully saturated rings. The fourth-order valence-corrected chi connectivity index (χ4v) is 3.07. The highest BCUT2D eigenvalue weighted by molar-refractivity contribution is 5.94. The van der Waals surface area contributed by atoms with Crippen molar-refractivity contribution in [3.05, 3.63) is 29.8 Å². The quantitative estimate of drug-likeness (QED) is 0.878. The molecule has 4 nitrogen and oxygen atoms in total. The summed E-state index contributed by atoms with van der Waals surface area (Å²) in [5.41, 5.74) is 1.88. The number of anilines is 1. The van der Waals surface area contributed by atoms with Crippen molar-refractivity contribution in [2.75, 3.05) is 38.1 Å². The van der Waals surface area contributed by atoms with E-state index < -0.39 is 0 Å². The molecule has 1 unspecified atom stereocenters. The number of hydrogen-bond acceptors (Lipinski definition) is 3. The second-order valence-corrected chi connectivity index (χ2v) is 6.05. The standard InChI is InChI=1S/C18H29N3O/c1-4-20(3)16-11-9-15(10-12-16)18(22)19-14-17-8-6-7-13-21(17)5-2/h9-12,17H,4-8,13-14H2,1-3H3,(H,19,22). The van der Waals surface area contributed by atoms with E-state index in [1.807, 2.05) is 24.3 Å². The zero-order valence-corrected chi connectivity index (χ0v) is 14.1. The first-order valence-electron chi connectivity index (χ1n) is 8.49. The van der Waals surface area contributed by atoms with Gasteiger partial charge in [0, 0.05) is 37.4 Å². The van der Waals surface area contributed by atoms with Crippen LogP contribution in [-0.2, 0) is 0 Å². The fourth-order valence-electron chi connectivity index (χ4n) is 3.07. The molecule has 1 heterocycles. The van der Waals surface area contributed by atoms with Gasteiger partial charge in [-0.1, -0.05) is 13.3 Å². The second-order valence-electron chi connectivity index (χ2n) is 6.05. The van der Waals surface area contributed by atoms with Crippen LogP contribution in [0.1, 0.15) is 43.5 Å². The van der Waals surface area contributed by atoms with E-state index in [1.165, 1.54) is 19.3 Å². The molecular formula is C18H29N3O. The van der Waals surface area contributed by atoms with Gasteiger partial charge in [-0.05, 0) is 57.1 Å². The molecule has 1 aromatic carbocycles. The number of rotatable bonds is 6. The van der Waals surface area contributed by atoms with E-state index in [-0.39, 0.29) is 5.91 Å². The Morgan fingerprint density at radius 1 is 1.27 bits per heavy atom. The van der Waals surface area contributed by atoms with E-state index in [1.54, 1.807) is 0 Å². The lowest BCUT2D eigenvalue weighted by Crippen LogP contribution is -2.46. The van der Waals surface area contributed by atoms with Crippen molar-refractivity contribution in [1.29, 1.82) is 0 Å². The number of nitrogens with zero attached hydrogens (tertiary/aromatic N) is 2. The van der Waals surface area contributed by atoms with Crippen molar-refractivity contribution in [3.8, 4) is 0 Å². The number of carbonyl (C=O) groups is 1. The molecule has 2 rings (SSSR count). The molecule has 22 heavy (non-hydrogen) atoms. The average molecular weight is 303 g/mol. The predicted octanol–water partition coefficient (Wildman–Crippen LogP) is 2.75. The van der Waals surface area contributed by atoms with Gasteiger partial charge in [-0.2, -0.15) is 0 Å². The summed E-state index contributed by atoms with van der Waals surface area (Å²) in [4.78, 5) is 16.9. The van der Waals surface area contributed by atoms with Crippen molar-refractivity contribution in [2.45, 2.75) is 39.2 Å². The normalized spacial score (nSPS) is 19.0. The molecule has 122 valence electrons. The second kappa shape index (κ2) is 8.18. The maximum absolute atomic E-state index is 12.3. The van der Waals surface area contributed by atoms with Crippen molar-refractivity contribution in [3.63, 3.8) is 0 Å². The zero-order valence-electron chi connectivity index (χ0n) is 14.1. The average Bonchev–Trinajstić information content (AvgIpc) is 2.59. The molecule has 1 amide bonds. The first-order valence-corrected chi connectivity index (χ1v) is 8.49. The topological polar surface area (TPSA) is 35.6 Å². The van der Waals surface area contributed by atoms with Gasteiger partial charge in [-0.3, -0.25) is 9.69 Å². The summed E-state index contributed by atoms with van der Waals surface area (Å²) in [6.07, 6.45) is 3.74. The van der Waals surface area contributed by atoms with Crippen LogP contribution >= 0.6 is 0 Å². The molecule has 1 aromatic rings. The number of benzene rings is 1. The minimum Gasteiger partial charge on any atom is -0.375 e. The first-order chi connectivity index (χ1) is 10.7. The van der Waals surface area contributed by atoms with Crippen molar-refractivity contribution in [2.24, 2.45) is 0 Å². The van der Waals surface area contributed by atoms with Crippen LogP contribution in [0.3, 0.4) is 0 Å². The first kappa shape index (κ1) is 16.8. The lowest BCUT2D eigenvalue weighted by molar-refractivity contribution is 0.0918. The van der Waals surface area contributed by atoms with Gasteiger partial charge in [0.2, 0.25) is 0 Å². The Morgan fingerprint density at radius 2 is 2.00 bits per heavy atom. The van der Waals surface area contributed by atoms with Gasteiger partial charge < -0.3 is 10.2 Å². The summed E-state index contributed by atoms with van der Waals surface area (Å²) in [5.74, 6) is 0.0346. The molecule has 1 atom stereocenters. The van der Waals surface area contributed by atoms with Crippen molar-refractivity contribution in [1.82, 2.24) is 10.2 Å². The van der Waals surface area contributed by atoms with Crippen LogP contribution in [0, 0.1) is 0 Å². The van der Waals surface area contributed by atoms with Crippen LogP contribution in [0.4, 0.5) is 5.69 Å². The summed E-state index contributed by atoms with van der Waals surface area (Å²) in [5, 5.41) is 3.10. The highest BCUT2D eigenvalue weighted by Crippen LogP contribution is 2.16. The molecule has 0 radical (unpaired) electrons. The smallest absolute Gasteiger partial charge is 0.251 e. The van der Waals surface area contributed by atoms with E-state index in [2.05, 4.69) is 36.0 Å². The van der Waals surface area contributed by atoms with E-state index in [0.29, 0.717) is 6.04 Å². The van der Waals surface area contributed by atoms with Crippen LogP contribution in [-0.4, -0.2) is 50.1 Å². The molecule has 1 aliphatic heterocycles. The molecule has 0 spiro atoms. The Labute approximate surface area is 134 Å². The molecule has 1 aliphatic rings. The SMILES string of the molecule is CCN(C)c1ccc(C(=O)NCC2CCCCN2CC)cc1. The summed E-state index contributed by atoms with van der Waals surface area (Å²) in [6, 6.07) is 8.34. The third kappa shape index (κ3) is 4.23. The Bertz CT molecular complexity index is 472.